The van der Waals surface area contributed by atoms with Gasteiger partial charge in [0.05, 0.1) is 24.9 Å². The molecule has 0 spiro atoms. The normalized spacial score (nSPS) is 10.9. The molecule has 0 unspecified atom stereocenters. The van der Waals surface area contributed by atoms with Crippen LogP contribution in [0.1, 0.15) is 28.6 Å². The Balaban J connectivity index is 1.75. The van der Waals surface area contributed by atoms with Gasteiger partial charge >= 0.3 is 0 Å². The lowest BCUT2D eigenvalue weighted by atomic mass is 10.1. The fourth-order valence-corrected chi connectivity index (χ4v) is 3.42. The summed E-state index contributed by atoms with van der Waals surface area (Å²) in [6, 6.07) is 18.1. The van der Waals surface area contributed by atoms with Gasteiger partial charge in [0.2, 0.25) is 0 Å². The zero-order valence-corrected chi connectivity index (χ0v) is 16.8. The molecule has 0 aliphatic heterocycles. The molecule has 0 fully saturated rings. The van der Waals surface area contributed by atoms with E-state index in [1.807, 2.05) is 38.1 Å². The molecule has 1 amide bonds. The number of aromatic nitrogens is 1. The fourth-order valence-electron chi connectivity index (χ4n) is 3.42. The molecule has 30 heavy (non-hydrogen) atoms. The van der Waals surface area contributed by atoms with E-state index in [0.29, 0.717) is 23.6 Å². The monoisotopic (exact) mass is 402 g/mol. The molecule has 152 valence electrons. The first kappa shape index (κ1) is 19.5. The van der Waals surface area contributed by atoms with Crippen LogP contribution in [-0.4, -0.2) is 17.5 Å². The predicted octanol–water partition coefficient (Wildman–Crippen LogP) is 4.68. The van der Waals surface area contributed by atoms with Gasteiger partial charge in [-0.1, -0.05) is 18.2 Å². The summed E-state index contributed by atoms with van der Waals surface area (Å²) < 4.78 is 10.8. The number of hydrogen-bond acceptors (Lipinski definition) is 4. The van der Waals surface area contributed by atoms with Gasteiger partial charge in [-0.15, -0.1) is 0 Å². The van der Waals surface area contributed by atoms with Crippen molar-refractivity contribution in [3.8, 4) is 5.75 Å². The van der Waals surface area contributed by atoms with Crippen molar-refractivity contribution < 1.29 is 13.9 Å². The van der Waals surface area contributed by atoms with Crippen LogP contribution in [-0.2, 0) is 6.54 Å². The van der Waals surface area contributed by atoms with E-state index in [1.54, 1.807) is 36.4 Å². The lowest BCUT2D eigenvalue weighted by Crippen LogP contribution is -2.32. The summed E-state index contributed by atoms with van der Waals surface area (Å²) in [5, 5.41) is 0.918. The maximum atomic E-state index is 13.1. The zero-order valence-electron chi connectivity index (χ0n) is 16.8. The van der Waals surface area contributed by atoms with Crippen LogP contribution in [0.3, 0.4) is 0 Å². The van der Waals surface area contributed by atoms with Crippen molar-refractivity contribution in [2.75, 3.05) is 11.5 Å². The van der Waals surface area contributed by atoms with Crippen molar-refractivity contribution >= 4 is 22.5 Å². The second-order valence-corrected chi connectivity index (χ2v) is 6.96. The molecule has 2 aromatic carbocycles. The van der Waals surface area contributed by atoms with E-state index in [-0.39, 0.29) is 23.8 Å². The number of aromatic amines is 1. The Labute approximate surface area is 173 Å². The standard InChI is InChI=1S/C24H22N2O4/c1-3-29-20-11-9-19(10-12-20)26(24(28)21-8-5-13-30-21)15-18-14-17-7-4-6-16(2)22(17)25-23(18)27/h4-14H,3,15H2,1-2H3,(H,25,27). The molecule has 6 heteroatoms. The van der Waals surface area contributed by atoms with E-state index in [4.69, 9.17) is 9.15 Å². The van der Waals surface area contributed by atoms with E-state index in [1.165, 1.54) is 11.2 Å². The first-order valence-electron chi connectivity index (χ1n) is 9.76. The molecule has 0 saturated heterocycles. The second kappa shape index (κ2) is 8.29. The average Bonchev–Trinajstić information content (AvgIpc) is 3.28. The van der Waals surface area contributed by atoms with Gasteiger partial charge in [-0.3, -0.25) is 9.59 Å². The van der Waals surface area contributed by atoms with Gasteiger partial charge in [0.15, 0.2) is 5.76 Å². The summed E-state index contributed by atoms with van der Waals surface area (Å²) in [5.74, 6) is 0.593. The van der Waals surface area contributed by atoms with Gasteiger partial charge < -0.3 is 19.0 Å². The number of H-pyrrole nitrogens is 1. The molecule has 0 atom stereocenters. The van der Waals surface area contributed by atoms with Crippen molar-refractivity contribution in [2.45, 2.75) is 20.4 Å². The topological polar surface area (TPSA) is 75.5 Å². The third-order valence-electron chi connectivity index (χ3n) is 4.93. The minimum absolute atomic E-state index is 0.104. The fraction of sp³-hybridized carbons (Fsp3) is 0.167. The second-order valence-electron chi connectivity index (χ2n) is 6.96. The maximum absolute atomic E-state index is 13.1. The molecule has 0 aliphatic carbocycles. The number of para-hydroxylation sites is 1. The number of carbonyl (C=O) groups excluding carboxylic acids is 1. The number of anilines is 1. The van der Waals surface area contributed by atoms with Crippen molar-refractivity contribution in [1.29, 1.82) is 0 Å². The Hall–Kier alpha value is -3.80. The smallest absolute Gasteiger partial charge is 0.294 e. The minimum Gasteiger partial charge on any atom is -0.494 e. The molecule has 0 radical (unpaired) electrons. The number of rotatable bonds is 6. The molecular weight excluding hydrogens is 380 g/mol. The van der Waals surface area contributed by atoms with Crippen molar-refractivity contribution in [1.82, 2.24) is 4.98 Å². The predicted molar refractivity (Wildman–Crippen MR) is 116 cm³/mol. The number of ether oxygens (including phenoxy) is 1. The SMILES string of the molecule is CCOc1ccc(N(Cc2cc3cccc(C)c3[nH]c2=O)C(=O)c2ccco2)cc1. The number of nitrogens with one attached hydrogen (secondary N) is 1. The van der Waals surface area contributed by atoms with Gasteiger partial charge in [0.25, 0.3) is 11.5 Å². The summed E-state index contributed by atoms with van der Waals surface area (Å²) in [6.45, 7) is 4.52. The number of nitrogens with zero attached hydrogens (tertiary/aromatic N) is 1. The van der Waals surface area contributed by atoms with E-state index < -0.39 is 0 Å². The van der Waals surface area contributed by atoms with Crippen LogP contribution in [0.4, 0.5) is 5.69 Å². The van der Waals surface area contributed by atoms with Crippen LogP contribution in [0.2, 0.25) is 0 Å². The minimum atomic E-state index is -0.326. The Bertz CT molecular complexity index is 1220. The highest BCUT2D eigenvalue weighted by Gasteiger charge is 2.22. The Kier molecular flexibility index (Phi) is 5.39. The molecule has 0 saturated carbocycles. The van der Waals surface area contributed by atoms with Gasteiger partial charge in [0.1, 0.15) is 5.75 Å². The van der Waals surface area contributed by atoms with Gasteiger partial charge in [-0.2, -0.15) is 0 Å². The molecule has 2 aromatic heterocycles. The molecule has 0 bridgehead atoms. The first-order chi connectivity index (χ1) is 14.6. The van der Waals surface area contributed by atoms with Gasteiger partial charge in [-0.05, 0) is 67.3 Å². The summed E-state index contributed by atoms with van der Waals surface area (Å²) in [4.78, 5) is 30.4. The van der Waals surface area contributed by atoms with Crippen LogP contribution < -0.4 is 15.2 Å². The quantitative estimate of drug-likeness (QED) is 0.508. The van der Waals surface area contributed by atoms with Crippen molar-refractivity contribution in [3.63, 3.8) is 0 Å². The number of amides is 1. The molecule has 6 nitrogen and oxygen atoms in total. The number of aryl methyl sites for hydroxylation is 1. The lowest BCUT2D eigenvalue weighted by Gasteiger charge is -2.22. The Morgan fingerprint density at radius 2 is 1.90 bits per heavy atom. The Morgan fingerprint density at radius 3 is 2.60 bits per heavy atom. The van der Waals surface area contributed by atoms with E-state index >= 15 is 0 Å². The van der Waals surface area contributed by atoms with Gasteiger partial charge in [-0.25, -0.2) is 0 Å². The van der Waals surface area contributed by atoms with Crippen LogP contribution in [0.25, 0.3) is 10.9 Å². The summed E-state index contributed by atoms with van der Waals surface area (Å²) >= 11 is 0. The molecule has 1 N–H and O–H groups in total. The number of pyridine rings is 1. The van der Waals surface area contributed by atoms with E-state index in [2.05, 4.69) is 4.98 Å². The summed E-state index contributed by atoms with van der Waals surface area (Å²) in [6.07, 6.45) is 1.45. The van der Waals surface area contributed by atoms with Crippen LogP contribution in [0, 0.1) is 6.92 Å². The third-order valence-corrected chi connectivity index (χ3v) is 4.93. The van der Waals surface area contributed by atoms with E-state index in [9.17, 15) is 9.59 Å². The molecule has 4 rings (SSSR count). The number of furan rings is 1. The van der Waals surface area contributed by atoms with Gasteiger partial charge in [0, 0.05) is 11.3 Å². The van der Waals surface area contributed by atoms with E-state index in [0.717, 1.165) is 16.5 Å². The molecular formula is C24H22N2O4. The molecule has 4 aromatic rings. The highest BCUT2D eigenvalue weighted by atomic mass is 16.5. The van der Waals surface area contributed by atoms with Crippen molar-refractivity contribution in [3.05, 3.63) is 94.2 Å². The number of hydrogen-bond donors (Lipinski definition) is 1. The average molecular weight is 402 g/mol. The molecule has 2 heterocycles. The van der Waals surface area contributed by atoms with Crippen LogP contribution >= 0.6 is 0 Å². The Morgan fingerprint density at radius 1 is 1.10 bits per heavy atom. The zero-order chi connectivity index (χ0) is 21.1. The molecule has 0 aliphatic rings. The highest BCUT2D eigenvalue weighted by Crippen LogP contribution is 2.24. The highest BCUT2D eigenvalue weighted by molar-refractivity contribution is 6.04. The third kappa shape index (κ3) is 3.85. The largest absolute Gasteiger partial charge is 0.494 e. The van der Waals surface area contributed by atoms with Crippen LogP contribution in [0.15, 0.2) is 76.1 Å². The number of benzene rings is 2. The summed E-state index contributed by atoms with van der Waals surface area (Å²) in [5.41, 5.74) is 2.70. The lowest BCUT2D eigenvalue weighted by molar-refractivity contribution is 0.0958. The van der Waals surface area contributed by atoms with Crippen LogP contribution in [0.5, 0.6) is 5.75 Å². The first-order valence-corrected chi connectivity index (χ1v) is 9.76. The number of fused-ring (bicyclic) bond motifs is 1. The summed E-state index contributed by atoms with van der Waals surface area (Å²) in [7, 11) is 0. The van der Waals surface area contributed by atoms with Crippen molar-refractivity contribution in [2.24, 2.45) is 0 Å². The maximum Gasteiger partial charge on any atom is 0.294 e. The number of carbonyl (C=O) groups is 1.